The van der Waals surface area contributed by atoms with Crippen LogP contribution in [0.4, 0.5) is 5.69 Å². The lowest BCUT2D eigenvalue weighted by molar-refractivity contribution is 1.11. The van der Waals surface area contributed by atoms with Crippen molar-refractivity contribution in [2.75, 3.05) is 19.0 Å². The van der Waals surface area contributed by atoms with Gasteiger partial charge in [0.1, 0.15) is 0 Å². The van der Waals surface area contributed by atoms with Gasteiger partial charge in [0.15, 0.2) is 5.15 Å². The Hall–Kier alpha value is -1.61. The van der Waals surface area contributed by atoms with Gasteiger partial charge in [0.2, 0.25) is 0 Å². The van der Waals surface area contributed by atoms with Crippen molar-refractivity contribution >= 4 is 17.3 Å². The van der Waals surface area contributed by atoms with Crippen molar-refractivity contribution in [2.24, 2.45) is 0 Å². The van der Waals surface area contributed by atoms with E-state index in [4.69, 9.17) is 11.6 Å². The van der Waals surface area contributed by atoms with Crippen LogP contribution in [0.15, 0.2) is 36.8 Å². The molecule has 0 amide bonds. The molecule has 0 saturated heterocycles. The van der Waals surface area contributed by atoms with Crippen LogP contribution in [0.3, 0.4) is 0 Å². The van der Waals surface area contributed by atoms with E-state index < -0.39 is 0 Å². The van der Waals surface area contributed by atoms with Crippen LogP contribution in [0.2, 0.25) is 5.15 Å². The smallest absolute Gasteiger partial charge is 0.152 e. The van der Waals surface area contributed by atoms with Crippen molar-refractivity contribution in [1.29, 1.82) is 0 Å². The van der Waals surface area contributed by atoms with Gasteiger partial charge in [-0.15, -0.1) is 0 Å². The minimum absolute atomic E-state index is 0.516. The number of hydrogen-bond acceptors (Lipinski definition) is 3. The van der Waals surface area contributed by atoms with Gasteiger partial charge in [-0.3, -0.25) is 4.98 Å². The molecule has 0 saturated carbocycles. The lowest BCUT2D eigenvalue weighted by atomic mass is 10.1. The van der Waals surface area contributed by atoms with Crippen LogP contribution < -0.4 is 4.90 Å². The first-order chi connectivity index (χ1) is 7.68. The standard InChI is InChI=1S/C12H12ClN3/c1-16(2)11-7-10(8-15-12(11)13)9-3-5-14-6-4-9/h3-8H,1-2H3. The van der Waals surface area contributed by atoms with E-state index in [-0.39, 0.29) is 0 Å². The topological polar surface area (TPSA) is 29.0 Å². The van der Waals surface area contributed by atoms with Gasteiger partial charge in [-0.05, 0) is 23.8 Å². The largest absolute Gasteiger partial charge is 0.375 e. The zero-order valence-electron chi connectivity index (χ0n) is 9.18. The molecule has 0 atom stereocenters. The quantitative estimate of drug-likeness (QED) is 0.747. The number of anilines is 1. The third kappa shape index (κ3) is 2.14. The fourth-order valence-corrected chi connectivity index (χ4v) is 1.72. The molecule has 2 aromatic rings. The minimum atomic E-state index is 0.516. The van der Waals surface area contributed by atoms with Gasteiger partial charge in [-0.1, -0.05) is 11.6 Å². The van der Waals surface area contributed by atoms with Crippen molar-refractivity contribution in [3.63, 3.8) is 0 Å². The second-order valence-electron chi connectivity index (χ2n) is 3.66. The molecule has 82 valence electrons. The highest BCUT2D eigenvalue weighted by atomic mass is 35.5. The van der Waals surface area contributed by atoms with Crippen molar-refractivity contribution in [2.45, 2.75) is 0 Å². The average molecular weight is 234 g/mol. The zero-order valence-corrected chi connectivity index (χ0v) is 9.94. The number of rotatable bonds is 2. The van der Waals surface area contributed by atoms with E-state index in [1.165, 1.54) is 0 Å². The van der Waals surface area contributed by atoms with Gasteiger partial charge in [0.25, 0.3) is 0 Å². The van der Waals surface area contributed by atoms with E-state index in [0.29, 0.717) is 5.15 Å². The fourth-order valence-electron chi connectivity index (χ4n) is 1.45. The maximum Gasteiger partial charge on any atom is 0.152 e. The molecule has 2 rings (SSSR count). The maximum absolute atomic E-state index is 6.01. The zero-order chi connectivity index (χ0) is 11.5. The molecule has 2 aromatic heterocycles. The lowest BCUT2D eigenvalue weighted by Gasteiger charge is -2.14. The van der Waals surface area contributed by atoms with Gasteiger partial charge in [-0.25, -0.2) is 4.98 Å². The predicted molar refractivity (Wildman–Crippen MR) is 66.8 cm³/mol. The predicted octanol–water partition coefficient (Wildman–Crippen LogP) is 2.86. The molecular weight excluding hydrogens is 222 g/mol. The van der Waals surface area contributed by atoms with E-state index >= 15 is 0 Å². The average Bonchev–Trinajstić information content (AvgIpc) is 2.30. The molecule has 0 aliphatic heterocycles. The van der Waals surface area contributed by atoms with E-state index in [1.54, 1.807) is 18.6 Å². The summed E-state index contributed by atoms with van der Waals surface area (Å²) in [5, 5.41) is 0.516. The third-order valence-corrected chi connectivity index (χ3v) is 2.61. The Morgan fingerprint density at radius 3 is 2.44 bits per heavy atom. The number of pyridine rings is 2. The molecule has 4 heteroatoms. The van der Waals surface area contributed by atoms with Gasteiger partial charge < -0.3 is 4.90 Å². The van der Waals surface area contributed by atoms with Crippen LogP contribution in [-0.2, 0) is 0 Å². The van der Waals surface area contributed by atoms with E-state index in [2.05, 4.69) is 9.97 Å². The van der Waals surface area contributed by atoms with Crippen LogP contribution in [0, 0.1) is 0 Å². The van der Waals surface area contributed by atoms with Crippen LogP contribution in [-0.4, -0.2) is 24.1 Å². The summed E-state index contributed by atoms with van der Waals surface area (Å²) >= 11 is 6.01. The second kappa shape index (κ2) is 4.49. The number of halogens is 1. The Labute approximate surface area is 99.7 Å². The monoisotopic (exact) mass is 233 g/mol. The molecule has 2 heterocycles. The summed E-state index contributed by atoms with van der Waals surface area (Å²) in [6, 6.07) is 5.92. The fraction of sp³-hybridized carbons (Fsp3) is 0.167. The van der Waals surface area contributed by atoms with Crippen LogP contribution in [0.25, 0.3) is 11.1 Å². The van der Waals surface area contributed by atoms with E-state index in [0.717, 1.165) is 16.8 Å². The molecule has 0 N–H and O–H groups in total. The number of nitrogens with zero attached hydrogens (tertiary/aromatic N) is 3. The molecule has 0 aromatic carbocycles. The van der Waals surface area contributed by atoms with Crippen LogP contribution in [0.5, 0.6) is 0 Å². The summed E-state index contributed by atoms with van der Waals surface area (Å²) in [6.07, 6.45) is 5.29. The highest BCUT2D eigenvalue weighted by Gasteiger charge is 2.06. The summed E-state index contributed by atoms with van der Waals surface area (Å²) in [5.74, 6) is 0. The summed E-state index contributed by atoms with van der Waals surface area (Å²) in [7, 11) is 3.89. The summed E-state index contributed by atoms with van der Waals surface area (Å²) < 4.78 is 0. The molecule has 16 heavy (non-hydrogen) atoms. The normalized spacial score (nSPS) is 10.2. The first kappa shape index (κ1) is 10.9. The molecular formula is C12H12ClN3. The van der Waals surface area contributed by atoms with Gasteiger partial charge in [-0.2, -0.15) is 0 Å². The van der Waals surface area contributed by atoms with Gasteiger partial charge in [0, 0.05) is 38.2 Å². The molecule has 0 aliphatic carbocycles. The first-order valence-corrected chi connectivity index (χ1v) is 5.29. The molecule has 0 bridgehead atoms. The first-order valence-electron chi connectivity index (χ1n) is 4.92. The lowest BCUT2D eigenvalue weighted by Crippen LogP contribution is -2.09. The number of hydrogen-bond donors (Lipinski definition) is 0. The summed E-state index contributed by atoms with van der Waals surface area (Å²) in [4.78, 5) is 10.1. The highest BCUT2D eigenvalue weighted by Crippen LogP contribution is 2.27. The molecule has 0 aliphatic rings. The summed E-state index contributed by atoms with van der Waals surface area (Å²) in [5.41, 5.74) is 3.04. The molecule has 0 radical (unpaired) electrons. The maximum atomic E-state index is 6.01. The SMILES string of the molecule is CN(C)c1cc(-c2ccncc2)cnc1Cl. The van der Waals surface area contributed by atoms with Crippen LogP contribution in [0.1, 0.15) is 0 Å². The van der Waals surface area contributed by atoms with Gasteiger partial charge >= 0.3 is 0 Å². The Balaban J connectivity index is 2.48. The van der Waals surface area contributed by atoms with Crippen molar-refractivity contribution < 1.29 is 0 Å². The Bertz CT molecular complexity index is 483. The van der Waals surface area contributed by atoms with Crippen molar-refractivity contribution in [3.8, 4) is 11.1 Å². The third-order valence-electron chi connectivity index (χ3n) is 2.32. The van der Waals surface area contributed by atoms with E-state index in [9.17, 15) is 0 Å². The molecule has 0 unspecified atom stereocenters. The van der Waals surface area contributed by atoms with Crippen molar-refractivity contribution in [1.82, 2.24) is 9.97 Å². The number of aromatic nitrogens is 2. The molecule has 3 nitrogen and oxygen atoms in total. The van der Waals surface area contributed by atoms with E-state index in [1.807, 2.05) is 37.2 Å². The molecule has 0 fully saturated rings. The van der Waals surface area contributed by atoms with Crippen LogP contribution >= 0.6 is 11.6 Å². The molecule has 0 spiro atoms. The second-order valence-corrected chi connectivity index (χ2v) is 4.02. The minimum Gasteiger partial charge on any atom is -0.375 e. The Kier molecular flexibility index (Phi) is 3.06. The highest BCUT2D eigenvalue weighted by molar-refractivity contribution is 6.32. The van der Waals surface area contributed by atoms with Gasteiger partial charge in [0.05, 0.1) is 5.69 Å². The Morgan fingerprint density at radius 1 is 1.12 bits per heavy atom. The van der Waals surface area contributed by atoms with Crippen molar-refractivity contribution in [3.05, 3.63) is 41.9 Å². The Morgan fingerprint density at radius 2 is 1.81 bits per heavy atom. The summed E-state index contributed by atoms with van der Waals surface area (Å²) in [6.45, 7) is 0.